The van der Waals surface area contributed by atoms with Gasteiger partial charge in [-0.15, -0.1) is 0 Å². The Hall–Kier alpha value is -3.47. The van der Waals surface area contributed by atoms with Crippen LogP contribution in [0.4, 0.5) is 0 Å². The lowest BCUT2D eigenvalue weighted by Crippen LogP contribution is -1.99. The summed E-state index contributed by atoms with van der Waals surface area (Å²) in [7, 11) is 3.25. The Balaban J connectivity index is 1.62. The van der Waals surface area contributed by atoms with Crippen LogP contribution in [0, 0.1) is 0 Å². The molecule has 0 aliphatic carbocycles. The number of oxazole rings is 1. The molecule has 0 fully saturated rings. The topological polar surface area (TPSA) is 53.7 Å². The summed E-state index contributed by atoms with van der Waals surface area (Å²) in [5, 5.41) is 0. The highest BCUT2D eigenvalue weighted by Crippen LogP contribution is 2.32. The van der Waals surface area contributed by atoms with E-state index in [4.69, 9.17) is 18.6 Å². The second-order valence-corrected chi connectivity index (χ2v) is 5.96. The number of ether oxygens (including phenoxy) is 3. The first kappa shape index (κ1) is 17.0. The van der Waals surface area contributed by atoms with Crippen molar-refractivity contribution in [2.75, 3.05) is 14.2 Å². The van der Waals surface area contributed by atoms with Gasteiger partial charge in [-0.1, -0.05) is 24.3 Å². The van der Waals surface area contributed by atoms with Crippen LogP contribution in [0.15, 0.2) is 71.1 Å². The fraction of sp³-hybridized carbons (Fsp3) is 0.136. The van der Waals surface area contributed by atoms with E-state index < -0.39 is 0 Å². The quantitative estimate of drug-likeness (QED) is 0.479. The average Bonchev–Trinajstić information content (AvgIpc) is 3.17. The summed E-state index contributed by atoms with van der Waals surface area (Å²) in [6, 6.07) is 21.1. The van der Waals surface area contributed by atoms with E-state index in [1.54, 1.807) is 14.2 Å². The fourth-order valence-electron chi connectivity index (χ4n) is 2.87. The van der Waals surface area contributed by atoms with Gasteiger partial charge in [0.25, 0.3) is 0 Å². The standard InChI is InChI=1S/C22H19NO4/c1-24-17-12-11-16(20(13-17)25-2)14-26-19-10-6-9-18-21(19)27-22(23-18)15-7-4-3-5-8-15/h3-13H,14H2,1-2H3. The molecule has 1 aromatic heterocycles. The summed E-state index contributed by atoms with van der Waals surface area (Å²) < 4.78 is 22.7. The van der Waals surface area contributed by atoms with Gasteiger partial charge in [-0.2, -0.15) is 0 Å². The van der Waals surface area contributed by atoms with E-state index in [-0.39, 0.29) is 0 Å². The van der Waals surface area contributed by atoms with Gasteiger partial charge in [-0.3, -0.25) is 0 Å². The number of methoxy groups -OCH3 is 2. The zero-order valence-electron chi connectivity index (χ0n) is 15.1. The molecule has 0 spiro atoms. The number of nitrogens with zero attached hydrogens (tertiary/aromatic N) is 1. The van der Waals surface area contributed by atoms with Crippen LogP contribution in [0.2, 0.25) is 0 Å². The zero-order chi connectivity index (χ0) is 18.6. The number of hydrogen-bond donors (Lipinski definition) is 0. The Labute approximate surface area is 157 Å². The smallest absolute Gasteiger partial charge is 0.227 e. The monoisotopic (exact) mass is 361 g/mol. The normalized spacial score (nSPS) is 10.7. The molecular formula is C22H19NO4. The van der Waals surface area contributed by atoms with E-state index >= 15 is 0 Å². The van der Waals surface area contributed by atoms with Crippen molar-refractivity contribution in [3.8, 4) is 28.7 Å². The Kier molecular flexibility index (Phi) is 4.66. The number of hydrogen-bond acceptors (Lipinski definition) is 5. The van der Waals surface area contributed by atoms with E-state index in [0.29, 0.717) is 29.6 Å². The van der Waals surface area contributed by atoms with Crippen LogP contribution < -0.4 is 14.2 Å². The summed E-state index contributed by atoms with van der Waals surface area (Å²) in [5.74, 6) is 2.66. The maximum Gasteiger partial charge on any atom is 0.227 e. The van der Waals surface area contributed by atoms with Crippen LogP contribution in [-0.2, 0) is 6.61 Å². The minimum Gasteiger partial charge on any atom is -0.497 e. The summed E-state index contributed by atoms with van der Waals surface area (Å²) in [5.41, 5.74) is 3.23. The van der Waals surface area contributed by atoms with Gasteiger partial charge in [-0.05, 0) is 36.4 Å². The minimum absolute atomic E-state index is 0.341. The van der Waals surface area contributed by atoms with Gasteiger partial charge in [0.2, 0.25) is 5.89 Å². The maximum atomic E-state index is 6.02. The van der Waals surface area contributed by atoms with Gasteiger partial charge in [0, 0.05) is 17.2 Å². The molecule has 0 bridgehead atoms. The predicted octanol–water partition coefficient (Wildman–Crippen LogP) is 5.09. The van der Waals surface area contributed by atoms with Crippen LogP contribution in [0.25, 0.3) is 22.6 Å². The van der Waals surface area contributed by atoms with E-state index in [1.807, 2.05) is 66.7 Å². The molecule has 0 saturated heterocycles. The summed E-state index contributed by atoms with van der Waals surface area (Å²) in [6.45, 7) is 0.341. The highest BCUT2D eigenvalue weighted by atomic mass is 16.5. The molecule has 0 aliphatic heterocycles. The SMILES string of the molecule is COc1ccc(COc2cccc3nc(-c4ccccc4)oc23)c(OC)c1. The summed E-state index contributed by atoms with van der Waals surface area (Å²) in [4.78, 5) is 4.57. The Morgan fingerprint density at radius 3 is 2.48 bits per heavy atom. The highest BCUT2D eigenvalue weighted by Gasteiger charge is 2.13. The molecule has 0 unspecified atom stereocenters. The third-order valence-electron chi connectivity index (χ3n) is 4.28. The van der Waals surface area contributed by atoms with Gasteiger partial charge < -0.3 is 18.6 Å². The predicted molar refractivity (Wildman–Crippen MR) is 103 cm³/mol. The van der Waals surface area contributed by atoms with Crippen molar-refractivity contribution < 1.29 is 18.6 Å². The van der Waals surface area contributed by atoms with Gasteiger partial charge >= 0.3 is 0 Å². The Bertz CT molecular complexity index is 1060. The van der Waals surface area contributed by atoms with Crippen LogP contribution in [-0.4, -0.2) is 19.2 Å². The molecule has 0 radical (unpaired) electrons. The molecule has 136 valence electrons. The first-order valence-corrected chi connectivity index (χ1v) is 8.57. The second-order valence-electron chi connectivity index (χ2n) is 5.96. The highest BCUT2D eigenvalue weighted by molar-refractivity contribution is 5.81. The van der Waals surface area contributed by atoms with Crippen LogP contribution in [0.5, 0.6) is 17.2 Å². The molecule has 0 atom stereocenters. The molecule has 4 aromatic rings. The van der Waals surface area contributed by atoms with Crippen LogP contribution in [0.1, 0.15) is 5.56 Å². The molecule has 3 aromatic carbocycles. The van der Waals surface area contributed by atoms with Crippen molar-refractivity contribution in [3.05, 3.63) is 72.3 Å². The van der Waals surface area contributed by atoms with Gasteiger partial charge in [0.1, 0.15) is 23.6 Å². The molecule has 0 amide bonds. The van der Waals surface area contributed by atoms with E-state index in [0.717, 1.165) is 22.4 Å². The first-order valence-electron chi connectivity index (χ1n) is 8.57. The number of fused-ring (bicyclic) bond motifs is 1. The molecule has 5 nitrogen and oxygen atoms in total. The molecule has 4 rings (SSSR count). The molecule has 5 heteroatoms. The molecule has 0 N–H and O–H groups in total. The van der Waals surface area contributed by atoms with Gasteiger partial charge in [-0.25, -0.2) is 4.98 Å². The third-order valence-corrected chi connectivity index (χ3v) is 4.28. The number of benzene rings is 3. The lowest BCUT2D eigenvalue weighted by Gasteiger charge is -2.11. The summed E-state index contributed by atoms with van der Waals surface area (Å²) in [6.07, 6.45) is 0. The number of rotatable bonds is 6. The van der Waals surface area contributed by atoms with Crippen molar-refractivity contribution in [3.63, 3.8) is 0 Å². The van der Waals surface area contributed by atoms with E-state index in [2.05, 4.69) is 4.98 Å². The lowest BCUT2D eigenvalue weighted by atomic mass is 10.2. The minimum atomic E-state index is 0.341. The molecule has 0 saturated carbocycles. The molecule has 27 heavy (non-hydrogen) atoms. The lowest BCUT2D eigenvalue weighted by molar-refractivity contribution is 0.295. The first-order chi connectivity index (χ1) is 13.3. The average molecular weight is 361 g/mol. The van der Waals surface area contributed by atoms with Gasteiger partial charge in [0.05, 0.1) is 14.2 Å². The van der Waals surface area contributed by atoms with Crippen molar-refractivity contribution in [2.45, 2.75) is 6.61 Å². The van der Waals surface area contributed by atoms with Crippen molar-refractivity contribution in [1.29, 1.82) is 0 Å². The molecule has 0 aliphatic rings. The second kappa shape index (κ2) is 7.41. The molecule has 1 heterocycles. The van der Waals surface area contributed by atoms with Crippen molar-refractivity contribution in [1.82, 2.24) is 4.98 Å². The van der Waals surface area contributed by atoms with Gasteiger partial charge in [0.15, 0.2) is 11.3 Å². The zero-order valence-corrected chi connectivity index (χ0v) is 15.1. The Morgan fingerprint density at radius 1 is 0.852 bits per heavy atom. The van der Waals surface area contributed by atoms with Crippen LogP contribution >= 0.6 is 0 Å². The largest absolute Gasteiger partial charge is 0.497 e. The molecular weight excluding hydrogens is 342 g/mol. The number of aromatic nitrogens is 1. The van der Waals surface area contributed by atoms with E-state index in [9.17, 15) is 0 Å². The van der Waals surface area contributed by atoms with Crippen LogP contribution in [0.3, 0.4) is 0 Å². The fourth-order valence-corrected chi connectivity index (χ4v) is 2.87. The third kappa shape index (κ3) is 3.44. The maximum absolute atomic E-state index is 6.02. The van der Waals surface area contributed by atoms with Crippen molar-refractivity contribution >= 4 is 11.1 Å². The Morgan fingerprint density at radius 2 is 1.70 bits per heavy atom. The number of para-hydroxylation sites is 1. The summed E-state index contributed by atoms with van der Waals surface area (Å²) >= 11 is 0. The van der Waals surface area contributed by atoms with E-state index in [1.165, 1.54) is 0 Å². The van der Waals surface area contributed by atoms with Crippen molar-refractivity contribution in [2.24, 2.45) is 0 Å².